The van der Waals surface area contributed by atoms with E-state index in [1.165, 1.54) is 11.1 Å². The highest BCUT2D eigenvalue weighted by atomic mass is 32.1. The van der Waals surface area contributed by atoms with Gasteiger partial charge in [-0.2, -0.15) is 0 Å². The van der Waals surface area contributed by atoms with Gasteiger partial charge in [-0.05, 0) is 60.5 Å². The molecule has 33 heavy (non-hydrogen) atoms. The fourth-order valence-electron chi connectivity index (χ4n) is 4.36. The summed E-state index contributed by atoms with van der Waals surface area (Å²) in [5, 5.41) is 13.5. The van der Waals surface area contributed by atoms with Gasteiger partial charge in [0.2, 0.25) is 0 Å². The number of rotatable bonds is 3. The average Bonchev–Trinajstić information content (AvgIpc) is 3.55. The molecule has 1 saturated heterocycles. The van der Waals surface area contributed by atoms with Gasteiger partial charge < -0.3 is 9.88 Å². The van der Waals surface area contributed by atoms with Gasteiger partial charge in [-0.25, -0.2) is 19.3 Å². The predicted octanol–water partition coefficient (Wildman–Crippen LogP) is 3.34. The highest BCUT2D eigenvalue weighted by Crippen LogP contribution is 2.39. The molecule has 164 valence electrons. The van der Waals surface area contributed by atoms with E-state index in [2.05, 4.69) is 53.1 Å². The molecule has 5 aromatic rings. The Labute approximate surface area is 193 Å². The summed E-state index contributed by atoms with van der Waals surface area (Å²) in [4.78, 5) is 14.7. The Balaban J connectivity index is 1.59. The Kier molecular flexibility index (Phi) is 4.74. The normalized spacial score (nSPS) is 18.4. The second-order valence-electron chi connectivity index (χ2n) is 7.81. The van der Waals surface area contributed by atoms with E-state index in [1.54, 1.807) is 13.4 Å². The first-order valence-corrected chi connectivity index (χ1v) is 11.4. The summed E-state index contributed by atoms with van der Waals surface area (Å²) in [6, 6.07) is 20.1. The summed E-state index contributed by atoms with van der Waals surface area (Å²) in [5.41, 5.74) is 6.59. The lowest BCUT2D eigenvalue weighted by Gasteiger charge is -2.28. The zero-order valence-electron chi connectivity index (χ0n) is 18.0. The number of hydrogen-bond donors (Lipinski definition) is 2. The van der Waals surface area contributed by atoms with Gasteiger partial charge in [-0.1, -0.05) is 23.4 Å². The number of aromatic amines is 1. The molecule has 3 aromatic heterocycles. The topological polar surface area (TPSA) is 99.9 Å². The van der Waals surface area contributed by atoms with Crippen molar-refractivity contribution in [2.45, 2.75) is 19.1 Å². The molecule has 1 aliphatic rings. The SMILES string of the molecule is CN=S=C1NC(n2nnc3ccccc32)C(c2cccc(C)n2)N1c1ccc2nc[nH]c2c1. The number of nitrogens with zero attached hydrogens (tertiary/aromatic N) is 7. The molecule has 0 spiro atoms. The quantitative estimate of drug-likeness (QED) is 0.405. The molecule has 2 unspecified atom stereocenters. The second kappa shape index (κ2) is 7.91. The number of para-hydroxylation sites is 1. The van der Waals surface area contributed by atoms with Gasteiger partial charge in [-0.3, -0.25) is 4.98 Å². The summed E-state index contributed by atoms with van der Waals surface area (Å²) >= 11 is 1.40. The third-order valence-electron chi connectivity index (χ3n) is 5.78. The Hall–Kier alpha value is -3.89. The van der Waals surface area contributed by atoms with Crippen molar-refractivity contribution in [3.05, 3.63) is 78.4 Å². The van der Waals surface area contributed by atoms with E-state index in [4.69, 9.17) is 4.98 Å². The summed E-state index contributed by atoms with van der Waals surface area (Å²) < 4.78 is 6.30. The van der Waals surface area contributed by atoms with Gasteiger partial charge in [0.1, 0.15) is 17.7 Å². The number of anilines is 1. The number of nitrogens with one attached hydrogen (secondary N) is 2. The summed E-state index contributed by atoms with van der Waals surface area (Å²) in [7, 11) is 1.79. The minimum absolute atomic E-state index is 0.181. The van der Waals surface area contributed by atoms with Crippen LogP contribution in [0.1, 0.15) is 23.6 Å². The van der Waals surface area contributed by atoms with Crippen molar-refractivity contribution in [1.82, 2.24) is 35.3 Å². The van der Waals surface area contributed by atoms with Gasteiger partial charge >= 0.3 is 0 Å². The lowest BCUT2D eigenvalue weighted by molar-refractivity contribution is 0.391. The van der Waals surface area contributed by atoms with Crippen LogP contribution in [0.25, 0.3) is 22.1 Å². The fourth-order valence-corrected chi connectivity index (χ4v) is 5.01. The molecule has 2 N–H and O–H groups in total. The molecular weight excluding hydrogens is 434 g/mol. The molecule has 0 aliphatic carbocycles. The molecule has 4 heterocycles. The average molecular weight is 456 g/mol. The third-order valence-corrected chi connectivity index (χ3v) is 6.45. The standard InChI is InChI=1S/C23H21N9S/c1-14-6-5-8-18(27-14)21-22(32-20-9-4-3-7-17(20)29-30-32)28-23(33-24-2)31(21)15-10-11-16-19(12-15)26-13-25-16/h3-13,21-22,28H,1-2H3,(H,25,26). The Morgan fingerprint density at radius 3 is 2.82 bits per heavy atom. The van der Waals surface area contributed by atoms with Crippen LogP contribution >= 0.6 is 0 Å². The fraction of sp³-hybridized carbons (Fsp3) is 0.174. The molecule has 0 radical (unpaired) electrons. The molecule has 6 rings (SSSR count). The Morgan fingerprint density at radius 1 is 1.03 bits per heavy atom. The van der Waals surface area contributed by atoms with Crippen LogP contribution in [0.15, 0.2) is 71.4 Å². The zero-order valence-corrected chi connectivity index (χ0v) is 18.9. The van der Waals surface area contributed by atoms with Crippen molar-refractivity contribution in [2.75, 3.05) is 11.9 Å². The molecule has 0 amide bonds. The third kappa shape index (κ3) is 3.31. The second-order valence-corrected chi connectivity index (χ2v) is 8.75. The number of aryl methyl sites for hydroxylation is 1. The smallest absolute Gasteiger partial charge is 0.162 e. The van der Waals surface area contributed by atoms with E-state index in [1.807, 2.05) is 54.1 Å². The number of imidazole rings is 1. The number of pyridine rings is 1. The molecule has 1 fully saturated rings. The van der Waals surface area contributed by atoms with Gasteiger partial charge in [-0.15, -0.1) is 5.10 Å². The van der Waals surface area contributed by atoms with E-state index in [9.17, 15) is 0 Å². The van der Waals surface area contributed by atoms with E-state index in [0.29, 0.717) is 0 Å². The van der Waals surface area contributed by atoms with Crippen LogP contribution in [-0.2, 0) is 11.1 Å². The van der Waals surface area contributed by atoms with Crippen molar-refractivity contribution in [2.24, 2.45) is 4.36 Å². The highest BCUT2D eigenvalue weighted by molar-refractivity contribution is 7.69. The van der Waals surface area contributed by atoms with Crippen molar-refractivity contribution in [1.29, 1.82) is 0 Å². The van der Waals surface area contributed by atoms with E-state index in [-0.39, 0.29) is 12.2 Å². The molecule has 2 atom stereocenters. The molecule has 0 bridgehead atoms. The van der Waals surface area contributed by atoms with Crippen molar-refractivity contribution in [3.63, 3.8) is 0 Å². The highest BCUT2D eigenvalue weighted by Gasteiger charge is 2.42. The summed E-state index contributed by atoms with van der Waals surface area (Å²) in [6.07, 6.45) is 1.47. The van der Waals surface area contributed by atoms with Crippen molar-refractivity contribution in [3.8, 4) is 0 Å². The maximum absolute atomic E-state index is 4.90. The number of hydrogen-bond acceptors (Lipinski definition) is 5. The van der Waals surface area contributed by atoms with Gasteiger partial charge in [0.25, 0.3) is 0 Å². The van der Waals surface area contributed by atoms with E-state index < -0.39 is 0 Å². The molecule has 9 nitrogen and oxygen atoms in total. The first-order valence-electron chi connectivity index (χ1n) is 10.6. The van der Waals surface area contributed by atoms with Gasteiger partial charge in [0, 0.05) is 18.4 Å². The Morgan fingerprint density at radius 2 is 1.94 bits per heavy atom. The van der Waals surface area contributed by atoms with Crippen LogP contribution in [0.2, 0.25) is 0 Å². The van der Waals surface area contributed by atoms with Crippen LogP contribution in [0.5, 0.6) is 0 Å². The number of benzene rings is 2. The largest absolute Gasteiger partial charge is 0.345 e. The summed E-state index contributed by atoms with van der Waals surface area (Å²) in [5.74, 6) is 0. The molecule has 2 aromatic carbocycles. The number of H-pyrrole nitrogens is 1. The zero-order chi connectivity index (χ0) is 22.4. The van der Waals surface area contributed by atoms with Crippen LogP contribution in [0.4, 0.5) is 5.69 Å². The van der Waals surface area contributed by atoms with Gasteiger partial charge in [0.15, 0.2) is 5.11 Å². The van der Waals surface area contributed by atoms with Crippen LogP contribution in [-0.4, -0.2) is 42.1 Å². The van der Waals surface area contributed by atoms with E-state index in [0.717, 1.165) is 44.3 Å². The van der Waals surface area contributed by atoms with Crippen LogP contribution in [0.3, 0.4) is 0 Å². The van der Waals surface area contributed by atoms with Gasteiger partial charge in [0.05, 0.1) is 28.6 Å². The first kappa shape index (κ1) is 19.8. The first-order chi connectivity index (χ1) is 16.2. The number of aromatic nitrogens is 6. The maximum atomic E-state index is 4.90. The minimum atomic E-state index is -0.242. The predicted molar refractivity (Wildman–Crippen MR) is 131 cm³/mol. The van der Waals surface area contributed by atoms with E-state index >= 15 is 0 Å². The van der Waals surface area contributed by atoms with Crippen molar-refractivity contribution < 1.29 is 0 Å². The van der Waals surface area contributed by atoms with Crippen LogP contribution < -0.4 is 10.2 Å². The lowest BCUT2D eigenvalue weighted by atomic mass is 10.1. The minimum Gasteiger partial charge on any atom is -0.345 e. The van der Waals surface area contributed by atoms with Crippen molar-refractivity contribution >= 4 is 44.0 Å². The summed E-state index contributed by atoms with van der Waals surface area (Å²) in [6.45, 7) is 2.01. The molecular formula is C23H21N9S. The maximum Gasteiger partial charge on any atom is 0.162 e. The van der Waals surface area contributed by atoms with Crippen LogP contribution in [0, 0.1) is 6.92 Å². The number of fused-ring (bicyclic) bond motifs is 2. The monoisotopic (exact) mass is 455 g/mol. The molecule has 1 aliphatic heterocycles. The Bertz CT molecular complexity index is 1550. The molecule has 0 saturated carbocycles. The lowest BCUT2D eigenvalue weighted by Crippen LogP contribution is -2.31. The molecule has 10 heteroatoms.